The molecule has 0 unspecified atom stereocenters. The van der Waals surface area contributed by atoms with E-state index < -0.39 is 0 Å². The lowest BCUT2D eigenvalue weighted by Crippen LogP contribution is -2.36. The molecule has 126 valence electrons. The highest BCUT2D eigenvalue weighted by molar-refractivity contribution is 5.94. The molecule has 0 N–H and O–H groups in total. The predicted molar refractivity (Wildman–Crippen MR) is 98.5 cm³/mol. The average Bonchev–Trinajstić information content (AvgIpc) is 2.58. The Bertz CT molecular complexity index is 770. The molecule has 1 aliphatic rings. The van der Waals surface area contributed by atoms with Crippen LogP contribution in [-0.2, 0) is 15.6 Å². The molecular weight excluding hydrogens is 296 g/mol. The van der Waals surface area contributed by atoms with Crippen molar-refractivity contribution >= 4 is 5.97 Å². The maximum Gasteiger partial charge on any atom is 0.338 e. The Morgan fingerprint density at radius 1 is 0.917 bits per heavy atom. The first-order valence-electron chi connectivity index (χ1n) is 8.59. The molecule has 0 atom stereocenters. The first kappa shape index (κ1) is 16.8. The number of fused-ring (bicyclic) bond motifs is 1. The largest absolute Gasteiger partial charge is 0.465 e. The van der Waals surface area contributed by atoms with Gasteiger partial charge in [-0.3, -0.25) is 0 Å². The summed E-state index contributed by atoms with van der Waals surface area (Å²) in [6, 6.07) is 14.5. The van der Waals surface area contributed by atoms with Crippen molar-refractivity contribution < 1.29 is 9.53 Å². The Balaban J connectivity index is 2.33. The van der Waals surface area contributed by atoms with E-state index in [1.807, 2.05) is 24.3 Å². The standard InChI is InChI=1S/C22H26O2/c1-21(2)11-12-22(3,4)19-17(20(23)24-5)13-16(14-18(19)21)15-9-7-6-8-10-15/h6-10,13-14H,11-12H2,1-5H3. The number of methoxy groups -OCH3 is 1. The van der Waals surface area contributed by atoms with Crippen LogP contribution in [0.15, 0.2) is 42.5 Å². The van der Waals surface area contributed by atoms with Crippen LogP contribution in [0.3, 0.4) is 0 Å². The number of carbonyl (C=O) groups excluding carboxylic acids is 1. The summed E-state index contributed by atoms with van der Waals surface area (Å²) in [6.45, 7) is 9.01. The lowest BCUT2D eigenvalue weighted by molar-refractivity contribution is 0.0596. The third-order valence-corrected chi connectivity index (χ3v) is 5.43. The van der Waals surface area contributed by atoms with Gasteiger partial charge in [0, 0.05) is 0 Å². The van der Waals surface area contributed by atoms with Crippen molar-refractivity contribution in [2.24, 2.45) is 0 Å². The molecule has 3 rings (SSSR count). The highest BCUT2D eigenvalue weighted by Crippen LogP contribution is 2.48. The number of carbonyl (C=O) groups is 1. The summed E-state index contributed by atoms with van der Waals surface area (Å²) < 4.78 is 5.12. The van der Waals surface area contributed by atoms with Gasteiger partial charge >= 0.3 is 5.97 Å². The number of ether oxygens (including phenoxy) is 1. The van der Waals surface area contributed by atoms with E-state index in [0.29, 0.717) is 5.56 Å². The van der Waals surface area contributed by atoms with Gasteiger partial charge in [0.2, 0.25) is 0 Å². The fraction of sp³-hybridized carbons (Fsp3) is 0.409. The average molecular weight is 322 g/mol. The molecule has 0 aromatic heterocycles. The molecule has 2 nitrogen and oxygen atoms in total. The van der Waals surface area contributed by atoms with E-state index in [0.717, 1.165) is 29.5 Å². The van der Waals surface area contributed by atoms with Gasteiger partial charge in [-0.05, 0) is 52.0 Å². The molecule has 2 heteroatoms. The molecule has 0 heterocycles. The summed E-state index contributed by atoms with van der Waals surface area (Å²) >= 11 is 0. The van der Waals surface area contributed by atoms with E-state index in [9.17, 15) is 4.79 Å². The Kier molecular flexibility index (Phi) is 4.03. The van der Waals surface area contributed by atoms with Crippen LogP contribution in [0.25, 0.3) is 11.1 Å². The third-order valence-electron chi connectivity index (χ3n) is 5.43. The summed E-state index contributed by atoms with van der Waals surface area (Å²) in [6.07, 6.45) is 2.19. The van der Waals surface area contributed by atoms with Crippen molar-refractivity contribution in [3.63, 3.8) is 0 Å². The zero-order chi connectivity index (χ0) is 17.5. The molecule has 24 heavy (non-hydrogen) atoms. The molecular formula is C22H26O2. The van der Waals surface area contributed by atoms with Crippen LogP contribution in [0.5, 0.6) is 0 Å². The van der Waals surface area contributed by atoms with Crippen LogP contribution >= 0.6 is 0 Å². The van der Waals surface area contributed by atoms with E-state index in [4.69, 9.17) is 4.74 Å². The Morgan fingerprint density at radius 2 is 1.54 bits per heavy atom. The van der Waals surface area contributed by atoms with Crippen LogP contribution in [0.4, 0.5) is 0 Å². The highest BCUT2D eigenvalue weighted by atomic mass is 16.5. The molecule has 0 spiro atoms. The number of rotatable bonds is 2. The van der Waals surface area contributed by atoms with Gasteiger partial charge in [0.25, 0.3) is 0 Å². The van der Waals surface area contributed by atoms with E-state index >= 15 is 0 Å². The second-order valence-corrected chi connectivity index (χ2v) is 8.07. The zero-order valence-electron chi connectivity index (χ0n) is 15.3. The monoisotopic (exact) mass is 322 g/mol. The van der Waals surface area contributed by atoms with E-state index in [-0.39, 0.29) is 16.8 Å². The second kappa shape index (κ2) is 5.77. The van der Waals surface area contributed by atoms with Crippen molar-refractivity contribution in [3.8, 4) is 11.1 Å². The summed E-state index contributed by atoms with van der Waals surface area (Å²) in [5.41, 5.74) is 5.39. The molecule has 0 aliphatic heterocycles. The maximum absolute atomic E-state index is 12.5. The van der Waals surface area contributed by atoms with Gasteiger partial charge in [0.05, 0.1) is 12.7 Å². The molecule has 0 bridgehead atoms. The maximum atomic E-state index is 12.5. The molecule has 0 amide bonds. The van der Waals surface area contributed by atoms with Crippen molar-refractivity contribution in [2.45, 2.75) is 51.4 Å². The first-order valence-corrected chi connectivity index (χ1v) is 8.59. The van der Waals surface area contributed by atoms with Gasteiger partial charge in [-0.15, -0.1) is 0 Å². The van der Waals surface area contributed by atoms with E-state index in [2.05, 4.69) is 45.9 Å². The fourth-order valence-corrected chi connectivity index (χ4v) is 3.86. The van der Waals surface area contributed by atoms with Crippen molar-refractivity contribution in [2.75, 3.05) is 7.11 Å². The lowest BCUT2D eigenvalue weighted by Gasteiger charge is -2.43. The van der Waals surface area contributed by atoms with Crippen LogP contribution in [0.2, 0.25) is 0 Å². The van der Waals surface area contributed by atoms with Crippen LogP contribution in [-0.4, -0.2) is 13.1 Å². The third kappa shape index (κ3) is 2.75. The van der Waals surface area contributed by atoms with Gasteiger partial charge in [0.1, 0.15) is 0 Å². The zero-order valence-corrected chi connectivity index (χ0v) is 15.3. The smallest absolute Gasteiger partial charge is 0.338 e. The molecule has 2 aromatic carbocycles. The Labute approximate surface area is 144 Å². The second-order valence-electron chi connectivity index (χ2n) is 8.07. The summed E-state index contributed by atoms with van der Waals surface area (Å²) in [7, 11) is 1.46. The number of esters is 1. The minimum absolute atomic E-state index is 0.0242. The summed E-state index contributed by atoms with van der Waals surface area (Å²) in [5.74, 6) is -0.241. The number of benzene rings is 2. The van der Waals surface area contributed by atoms with Crippen molar-refractivity contribution in [1.29, 1.82) is 0 Å². The topological polar surface area (TPSA) is 26.3 Å². The lowest BCUT2D eigenvalue weighted by atomic mass is 9.61. The normalized spacial score (nSPS) is 17.9. The molecule has 2 aromatic rings. The van der Waals surface area contributed by atoms with Gasteiger partial charge in [0.15, 0.2) is 0 Å². The summed E-state index contributed by atoms with van der Waals surface area (Å²) in [4.78, 5) is 12.5. The quantitative estimate of drug-likeness (QED) is 0.683. The number of hydrogen-bond acceptors (Lipinski definition) is 2. The van der Waals surface area contributed by atoms with E-state index in [1.165, 1.54) is 12.7 Å². The minimum atomic E-state index is -0.241. The SMILES string of the molecule is COC(=O)c1cc(-c2ccccc2)cc2c1C(C)(C)CCC2(C)C. The Morgan fingerprint density at radius 3 is 2.17 bits per heavy atom. The van der Waals surface area contributed by atoms with Crippen LogP contribution < -0.4 is 0 Å². The molecule has 0 saturated carbocycles. The molecule has 0 saturated heterocycles. The van der Waals surface area contributed by atoms with Gasteiger partial charge < -0.3 is 4.74 Å². The highest BCUT2D eigenvalue weighted by Gasteiger charge is 2.40. The van der Waals surface area contributed by atoms with Crippen LogP contribution in [0.1, 0.15) is 62.0 Å². The van der Waals surface area contributed by atoms with Crippen LogP contribution in [0, 0.1) is 0 Å². The van der Waals surface area contributed by atoms with Gasteiger partial charge in [-0.1, -0.05) is 64.1 Å². The molecule has 0 fully saturated rings. The minimum Gasteiger partial charge on any atom is -0.465 e. The summed E-state index contributed by atoms with van der Waals surface area (Å²) in [5, 5.41) is 0. The van der Waals surface area contributed by atoms with Crippen molar-refractivity contribution in [3.05, 3.63) is 59.2 Å². The van der Waals surface area contributed by atoms with Crippen molar-refractivity contribution in [1.82, 2.24) is 0 Å². The first-order chi connectivity index (χ1) is 11.3. The Hall–Kier alpha value is -2.09. The predicted octanol–water partition coefficient (Wildman–Crippen LogP) is 5.49. The molecule has 1 aliphatic carbocycles. The fourth-order valence-electron chi connectivity index (χ4n) is 3.86. The molecule has 0 radical (unpaired) electrons. The van der Waals surface area contributed by atoms with Gasteiger partial charge in [-0.2, -0.15) is 0 Å². The van der Waals surface area contributed by atoms with Gasteiger partial charge in [-0.25, -0.2) is 4.79 Å². The van der Waals surface area contributed by atoms with E-state index in [1.54, 1.807) is 0 Å². The number of hydrogen-bond donors (Lipinski definition) is 0.